The van der Waals surface area contributed by atoms with Crippen LogP contribution in [-0.2, 0) is 11.8 Å². The number of pyridine rings is 1. The summed E-state index contributed by atoms with van der Waals surface area (Å²) in [6.45, 7) is 0. The summed E-state index contributed by atoms with van der Waals surface area (Å²) in [4.78, 5) is 24.2. The molecule has 0 aliphatic carbocycles. The Labute approximate surface area is 158 Å². The third-order valence-corrected chi connectivity index (χ3v) is 4.68. The highest BCUT2D eigenvalue weighted by molar-refractivity contribution is 6.42. The molecule has 6 nitrogen and oxygen atoms in total. The molecule has 0 saturated carbocycles. The van der Waals surface area contributed by atoms with Gasteiger partial charge in [-0.05, 0) is 24.3 Å². The van der Waals surface area contributed by atoms with Crippen molar-refractivity contribution in [3.8, 4) is 17.2 Å². The molecule has 1 aromatic heterocycles. The molecule has 8 heteroatoms. The number of methoxy groups -OCH3 is 1. The number of ether oxygens (including phenoxy) is 2. The molecule has 1 N–H and O–H groups in total. The van der Waals surface area contributed by atoms with Crippen LogP contribution in [0.15, 0.2) is 41.2 Å². The summed E-state index contributed by atoms with van der Waals surface area (Å²) in [7, 11) is 2.61. The first-order valence-electron chi connectivity index (χ1n) is 7.41. The molecule has 2 aromatic carbocycles. The van der Waals surface area contributed by atoms with Gasteiger partial charge in [-0.15, -0.1) is 0 Å². The lowest BCUT2D eigenvalue weighted by Gasteiger charge is -2.13. The minimum atomic E-state index is -0.906. The minimum absolute atomic E-state index is 0.257. The maximum Gasteiger partial charge on any atom is 0.347 e. The number of benzene rings is 2. The molecule has 0 amide bonds. The minimum Gasteiger partial charge on any atom is -0.506 e. The zero-order valence-electron chi connectivity index (χ0n) is 13.7. The van der Waals surface area contributed by atoms with Crippen LogP contribution in [-0.4, -0.2) is 22.8 Å². The Morgan fingerprint density at radius 1 is 1.19 bits per heavy atom. The molecule has 0 atom stereocenters. The molecule has 0 bridgehead atoms. The zero-order valence-corrected chi connectivity index (χ0v) is 15.3. The fourth-order valence-electron chi connectivity index (χ4n) is 2.54. The molecule has 0 spiro atoms. The average Bonchev–Trinajstić information content (AvgIpc) is 2.63. The van der Waals surface area contributed by atoms with Crippen LogP contribution in [0.25, 0.3) is 10.9 Å². The fraction of sp³-hybridized carbons (Fsp3) is 0.111. The summed E-state index contributed by atoms with van der Waals surface area (Å²) in [6, 6.07) is 9.63. The molecule has 3 rings (SSSR count). The van der Waals surface area contributed by atoms with Gasteiger partial charge in [-0.3, -0.25) is 4.79 Å². The number of aryl methyl sites for hydroxylation is 1. The summed E-state index contributed by atoms with van der Waals surface area (Å²) in [6.07, 6.45) is 0. The smallest absolute Gasteiger partial charge is 0.347 e. The van der Waals surface area contributed by atoms with Crippen LogP contribution in [0.2, 0.25) is 10.0 Å². The van der Waals surface area contributed by atoms with E-state index in [2.05, 4.69) is 4.74 Å². The van der Waals surface area contributed by atoms with Crippen LogP contribution >= 0.6 is 23.2 Å². The molecule has 0 unspecified atom stereocenters. The van der Waals surface area contributed by atoms with Gasteiger partial charge < -0.3 is 19.1 Å². The molecular weight excluding hydrogens is 381 g/mol. The number of fused-ring (bicyclic) bond motifs is 1. The van der Waals surface area contributed by atoms with E-state index in [0.717, 1.165) is 7.11 Å². The largest absolute Gasteiger partial charge is 0.506 e. The first-order valence-corrected chi connectivity index (χ1v) is 8.16. The van der Waals surface area contributed by atoms with Gasteiger partial charge >= 0.3 is 5.97 Å². The first kappa shape index (κ1) is 18.1. The van der Waals surface area contributed by atoms with E-state index >= 15 is 0 Å². The van der Waals surface area contributed by atoms with Gasteiger partial charge in [0.15, 0.2) is 5.56 Å². The summed E-state index contributed by atoms with van der Waals surface area (Å²) < 4.78 is 11.5. The number of carbonyl (C=O) groups excluding carboxylic acids is 1. The highest BCUT2D eigenvalue weighted by Gasteiger charge is 2.22. The van der Waals surface area contributed by atoms with Gasteiger partial charge in [-0.1, -0.05) is 29.3 Å². The standard InChI is InChI=1S/C18H13Cl2NO5/c1-21-12-8-9(26-13-5-3-4-11(19)15(13)20)6-7-10(12)16(22)14(17(21)23)18(24)25-2/h3-8,22H,1-2H3. The van der Waals surface area contributed by atoms with Gasteiger partial charge in [0.25, 0.3) is 5.56 Å². The number of aromatic hydroxyl groups is 1. The van der Waals surface area contributed by atoms with Crippen molar-refractivity contribution in [3.63, 3.8) is 0 Å². The van der Waals surface area contributed by atoms with Crippen molar-refractivity contribution in [2.24, 2.45) is 7.05 Å². The van der Waals surface area contributed by atoms with Crippen molar-refractivity contribution in [3.05, 3.63) is 62.4 Å². The summed E-state index contributed by atoms with van der Waals surface area (Å²) >= 11 is 12.1. The summed E-state index contributed by atoms with van der Waals surface area (Å²) in [5.74, 6) is -0.626. The summed E-state index contributed by atoms with van der Waals surface area (Å²) in [5, 5.41) is 11.2. The zero-order chi connectivity index (χ0) is 19.0. The Kier molecular flexibility index (Phi) is 4.80. The monoisotopic (exact) mass is 393 g/mol. The number of rotatable bonds is 3. The Morgan fingerprint density at radius 3 is 2.62 bits per heavy atom. The van der Waals surface area contributed by atoms with E-state index in [4.69, 9.17) is 27.9 Å². The molecule has 0 aliphatic rings. The average molecular weight is 394 g/mol. The van der Waals surface area contributed by atoms with Gasteiger partial charge in [0.2, 0.25) is 0 Å². The van der Waals surface area contributed by atoms with Crippen LogP contribution in [0.1, 0.15) is 10.4 Å². The van der Waals surface area contributed by atoms with Crippen LogP contribution in [0.4, 0.5) is 0 Å². The molecule has 0 saturated heterocycles. The van der Waals surface area contributed by atoms with Crippen molar-refractivity contribution in [1.29, 1.82) is 0 Å². The lowest BCUT2D eigenvalue weighted by atomic mass is 10.1. The van der Waals surface area contributed by atoms with E-state index in [-0.39, 0.29) is 5.02 Å². The molecule has 1 heterocycles. The van der Waals surface area contributed by atoms with Gasteiger partial charge in [-0.2, -0.15) is 0 Å². The number of hydrogen-bond donors (Lipinski definition) is 1. The topological polar surface area (TPSA) is 77.8 Å². The van der Waals surface area contributed by atoms with Crippen LogP contribution in [0.3, 0.4) is 0 Å². The van der Waals surface area contributed by atoms with Crippen molar-refractivity contribution < 1.29 is 19.4 Å². The Hall–Kier alpha value is -2.70. The Balaban J connectivity index is 2.15. The second-order valence-electron chi connectivity index (χ2n) is 5.41. The van der Waals surface area contributed by atoms with Gasteiger partial charge in [0.05, 0.1) is 17.6 Å². The Bertz CT molecular complexity index is 1090. The molecule has 0 radical (unpaired) electrons. The first-order chi connectivity index (χ1) is 12.3. The van der Waals surface area contributed by atoms with E-state index in [0.29, 0.717) is 27.4 Å². The fourth-order valence-corrected chi connectivity index (χ4v) is 2.87. The van der Waals surface area contributed by atoms with E-state index in [1.807, 2.05) is 0 Å². The van der Waals surface area contributed by atoms with E-state index in [9.17, 15) is 14.7 Å². The third kappa shape index (κ3) is 2.98. The van der Waals surface area contributed by atoms with Crippen molar-refractivity contribution in [2.75, 3.05) is 7.11 Å². The number of esters is 1. The SMILES string of the molecule is COC(=O)c1c(O)c2ccc(Oc3cccc(Cl)c3Cl)cc2n(C)c1=O. The van der Waals surface area contributed by atoms with Crippen LogP contribution in [0, 0.1) is 0 Å². The van der Waals surface area contributed by atoms with Gasteiger partial charge in [-0.25, -0.2) is 4.79 Å². The van der Waals surface area contributed by atoms with E-state index in [1.54, 1.807) is 30.3 Å². The van der Waals surface area contributed by atoms with E-state index in [1.165, 1.54) is 17.7 Å². The van der Waals surface area contributed by atoms with Crippen LogP contribution in [0.5, 0.6) is 17.2 Å². The van der Waals surface area contributed by atoms with Gasteiger partial charge in [0.1, 0.15) is 22.3 Å². The molecule has 0 aliphatic heterocycles. The van der Waals surface area contributed by atoms with Crippen molar-refractivity contribution in [1.82, 2.24) is 4.57 Å². The van der Waals surface area contributed by atoms with E-state index < -0.39 is 22.8 Å². The third-order valence-electron chi connectivity index (χ3n) is 3.87. The maximum absolute atomic E-state index is 12.4. The number of halogens is 2. The normalized spacial score (nSPS) is 10.8. The summed E-state index contributed by atoms with van der Waals surface area (Å²) in [5.41, 5.74) is -0.732. The number of hydrogen-bond acceptors (Lipinski definition) is 5. The quantitative estimate of drug-likeness (QED) is 0.676. The molecule has 3 aromatic rings. The number of nitrogens with zero attached hydrogens (tertiary/aromatic N) is 1. The predicted molar refractivity (Wildman–Crippen MR) is 98.7 cm³/mol. The highest BCUT2D eigenvalue weighted by Crippen LogP contribution is 2.36. The predicted octanol–water partition coefficient (Wildman–Crippen LogP) is 4.13. The second kappa shape index (κ2) is 6.90. The van der Waals surface area contributed by atoms with Crippen molar-refractivity contribution >= 4 is 40.1 Å². The maximum atomic E-state index is 12.4. The van der Waals surface area contributed by atoms with Crippen molar-refractivity contribution in [2.45, 2.75) is 0 Å². The number of carbonyl (C=O) groups is 1. The highest BCUT2D eigenvalue weighted by atomic mass is 35.5. The lowest BCUT2D eigenvalue weighted by molar-refractivity contribution is 0.0595. The van der Waals surface area contributed by atoms with Gasteiger partial charge in [0, 0.05) is 18.5 Å². The second-order valence-corrected chi connectivity index (χ2v) is 6.20. The molecule has 134 valence electrons. The number of aromatic nitrogens is 1. The molecular formula is C18H13Cl2NO5. The Morgan fingerprint density at radius 2 is 1.92 bits per heavy atom. The molecule has 26 heavy (non-hydrogen) atoms. The molecule has 0 fully saturated rings. The lowest BCUT2D eigenvalue weighted by Crippen LogP contribution is -2.25. The van der Waals surface area contributed by atoms with Crippen LogP contribution < -0.4 is 10.3 Å².